The largest absolute Gasteiger partial charge is 0.507 e. The van der Waals surface area contributed by atoms with Crippen molar-refractivity contribution in [3.63, 3.8) is 0 Å². The fraction of sp³-hybridized carbons (Fsp3) is 0.529. The molecule has 1 saturated heterocycles. The Morgan fingerprint density at radius 1 is 0.960 bits per heavy atom. The fourth-order valence-electron chi connectivity index (χ4n) is 3.84. The first-order valence-electron chi connectivity index (χ1n) is 8.05. The Morgan fingerprint density at radius 3 is 1.96 bits per heavy atom. The van der Waals surface area contributed by atoms with Gasteiger partial charge in [-0.15, -0.1) is 23.5 Å². The van der Waals surface area contributed by atoms with Crippen molar-refractivity contribution in [2.45, 2.75) is 42.0 Å². The van der Waals surface area contributed by atoms with Gasteiger partial charge in [-0.3, -0.25) is 9.59 Å². The van der Waals surface area contributed by atoms with E-state index in [1.165, 1.54) is 30.4 Å². The van der Waals surface area contributed by atoms with E-state index in [1.54, 1.807) is 0 Å². The second-order valence-corrected chi connectivity index (χ2v) is 9.47. The van der Waals surface area contributed by atoms with Crippen LogP contribution in [0.4, 0.5) is 0 Å². The monoisotopic (exact) mass is 382 g/mol. The number of thioether (sulfide) groups is 2. The molecular formula is C17H18O6S2. The molecule has 0 bridgehead atoms. The lowest BCUT2D eigenvalue weighted by Gasteiger charge is -2.38. The molecule has 0 amide bonds. The van der Waals surface area contributed by atoms with E-state index < -0.39 is 22.2 Å². The Labute approximate surface area is 152 Å². The molecule has 2 unspecified atom stereocenters. The van der Waals surface area contributed by atoms with Gasteiger partial charge in [0.15, 0.2) is 11.6 Å². The molecule has 1 fully saturated rings. The van der Waals surface area contributed by atoms with Gasteiger partial charge in [0.2, 0.25) is 0 Å². The molecule has 1 aromatic carbocycles. The molecule has 4 atom stereocenters. The molecule has 0 radical (unpaired) electrons. The maximum Gasteiger partial charge on any atom is 0.182 e. The highest BCUT2D eigenvalue weighted by molar-refractivity contribution is 8.08. The van der Waals surface area contributed by atoms with Crippen LogP contribution in [0.5, 0.6) is 11.5 Å². The number of phenols is 2. The van der Waals surface area contributed by atoms with E-state index in [4.69, 9.17) is 0 Å². The molecule has 8 heteroatoms. The third kappa shape index (κ3) is 2.34. The topological polar surface area (TPSA) is 115 Å². The smallest absolute Gasteiger partial charge is 0.182 e. The second kappa shape index (κ2) is 5.64. The molecule has 3 aliphatic rings. The van der Waals surface area contributed by atoms with Gasteiger partial charge in [0.05, 0.1) is 33.3 Å². The quantitative estimate of drug-likeness (QED) is 0.490. The van der Waals surface area contributed by atoms with E-state index in [0.29, 0.717) is 0 Å². The predicted octanol–water partition coefficient (Wildman–Crippen LogP) is 0.905. The van der Waals surface area contributed by atoms with Crippen molar-refractivity contribution >= 4 is 35.1 Å². The number of Topliss-reactive ketones (excluding diaryl/α,β-unsaturated/α-hetero) is 2. The summed E-state index contributed by atoms with van der Waals surface area (Å²) in [4.78, 5) is 25.8. The third-order valence-corrected chi connectivity index (χ3v) is 8.27. The summed E-state index contributed by atoms with van der Waals surface area (Å²) in [5.74, 6) is 0.115. The van der Waals surface area contributed by atoms with Crippen LogP contribution < -0.4 is 0 Å². The Bertz CT molecular complexity index is 803. The van der Waals surface area contributed by atoms with E-state index in [0.717, 1.165) is 11.5 Å². The van der Waals surface area contributed by atoms with Gasteiger partial charge in [0, 0.05) is 35.5 Å². The molecule has 6 nitrogen and oxygen atoms in total. The van der Waals surface area contributed by atoms with Gasteiger partial charge in [0.1, 0.15) is 11.5 Å². The first-order chi connectivity index (χ1) is 11.7. The maximum absolute atomic E-state index is 12.9. The van der Waals surface area contributed by atoms with E-state index >= 15 is 0 Å². The summed E-state index contributed by atoms with van der Waals surface area (Å²) >= 11 is 2.80. The van der Waals surface area contributed by atoms with Crippen LogP contribution in [0.25, 0.3) is 0 Å². The summed E-state index contributed by atoms with van der Waals surface area (Å²) in [5.41, 5.74) is -1.27. The summed E-state index contributed by atoms with van der Waals surface area (Å²) < 4.78 is 0. The number of carbonyl (C=O) groups is 2. The minimum atomic E-state index is -1.48. The number of benzene rings is 1. The zero-order chi connectivity index (χ0) is 18.1. The van der Waals surface area contributed by atoms with Crippen molar-refractivity contribution in [3.8, 4) is 11.5 Å². The zero-order valence-corrected chi connectivity index (χ0v) is 15.1. The number of aliphatic hydroxyl groups excluding tert-OH is 1. The Balaban J connectivity index is 1.95. The lowest BCUT2D eigenvalue weighted by atomic mass is 9.74. The summed E-state index contributed by atoms with van der Waals surface area (Å²) in [6, 6.07) is 0. The van der Waals surface area contributed by atoms with Crippen molar-refractivity contribution < 1.29 is 30.0 Å². The highest BCUT2D eigenvalue weighted by atomic mass is 32.2. The van der Waals surface area contributed by atoms with Crippen molar-refractivity contribution in [1.82, 2.24) is 0 Å². The molecule has 4 N–H and O–H groups in total. The summed E-state index contributed by atoms with van der Waals surface area (Å²) in [6.45, 7) is 1.44. The number of ketones is 2. The van der Waals surface area contributed by atoms with Crippen LogP contribution in [0.15, 0.2) is 0 Å². The maximum atomic E-state index is 12.9. The molecule has 0 saturated carbocycles. The highest BCUT2D eigenvalue weighted by Gasteiger charge is 2.49. The average Bonchev–Trinajstić information content (AvgIpc) is 2.57. The number of hydrogen-bond acceptors (Lipinski definition) is 8. The fourth-order valence-corrected chi connectivity index (χ4v) is 6.72. The number of fused-ring (bicyclic) bond motifs is 3. The first kappa shape index (κ1) is 17.2. The normalized spacial score (nSPS) is 34.3. The van der Waals surface area contributed by atoms with Gasteiger partial charge in [-0.05, 0) is 6.92 Å². The molecule has 2 aliphatic carbocycles. The van der Waals surface area contributed by atoms with Crippen molar-refractivity contribution in [2.24, 2.45) is 0 Å². The van der Waals surface area contributed by atoms with Gasteiger partial charge in [0.25, 0.3) is 0 Å². The SMILES string of the molecule is C[C@]1(O)Cc2c(O)c3c(c(O)c2C[C@H]1O)C(=O)C1SCCSC1C3=O. The number of aliphatic hydroxyl groups is 2. The van der Waals surface area contributed by atoms with Crippen molar-refractivity contribution in [3.05, 3.63) is 22.3 Å². The molecule has 1 aliphatic heterocycles. The van der Waals surface area contributed by atoms with Gasteiger partial charge in [-0.25, -0.2) is 0 Å². The average molecular weight is 382 g/mol. The minimum Gasteiger partial charge on any atom is -0.507 e. The lowest BCUT2D eigenvalue weighted by molar-refractivity contribution is -0.0668. The molecule has 0 aromatic heterocycles. The number of carbonyl (C=O) groups excluding carboxylic acids is 2. The van der Waals surface area contributed by atoms with Crippen LogP contribution in [0.3, 0.4) is 0 Å². The van der Waals surface area contributed by atoms with Crippen LogP contribution in [-0.4, -0.2) is 65.7 Å². The van der Waals surface area contributed by atoms with Gasteiger partial charge >= 0.3 is 0 Å². The van der Waals surface area contributed by atoms with E-state index in [1.807, 2.05) is 0 Å². The van der Waals surface area contributed by atoms with Crippen LogP contribution in [0, 0.1) is 0 Å². The number of aromatic hydroxyl groups is 2. The van der Waals surface area contributed by atoms with E-state index in [2.05, 4.69) is 0 Å². The van der Waals surface area contributed by atoms with E-state index in [-0.39, 0.29) is 58.2 Å². The standard InChI is InChI=1S/C17H18O6S2/c1-17(23)5-7-6(4-8(17)18)11(19)9-10(12(7)20)14(22)16-15(13(9)21)24-2-3-25-16/h8,15-16,18-20,23H,2-5H2,1H3/t8-,15?,16?,17+/m1/s1. The van der Waals surface area contributed by atoms with Crippen LogP contribution in [0.1, 0.15) is 38.8 Å². The second-order valence-electron chi connectivity index (χ2n) is 6.97. The molecule has 1 aromatic rings. The molecule has 134 valence electrons. The molecule has 25 heavy (non-hydrogen) atoms. The number of rotatable bonds is 0. The molecule has 0 spiro atoms. The third-order valence-electron chi connectivity index (χ3n) is 5.27. The first-order valence-corrected chi connectivity index (χ1v) is 10.2. The number of hydrogen-bond donors (Lipinski definition) is 4. The Kier molecular flexibility index (Phi) is 3.88. The highest BCUT2D eigenvalue weighted by Crippen LogP contribution is 2.49. The van der Waals surface area contributed by atoms with Gasteiger partial charge < -0.3 is 20.4 Å². The van der Waals surface area contributed by atoms with E-state index in [9.17, 15) is 30.0 Å². The molecular weight excluding hydrogens is 364 g/mol. The van der Waals surface area contributed by atoms with Crippen LogP contribution >= 0.6 is 23.5 Å². The molecule has 4 rings (SSSR count). The summed E-state index contributed by atoms with van der Waals surface area (Å²) in [6.07, 6.45) is -1.33. The summed E-state index contributed by atoms with van der Waals surface area (Å²) in [7, 11) is 0. The van der Waals surface area contributed by atoms with Crippen molar-refractivity contribution in [1.29, 1.82) is 0 Å². The lowest BCUT2D eigenvalue weighted by Crippen LogP contribution is -2.47. The zero-order valence-electron chi connectivity index (χ0n) is 13.5. The Morgan fingerprint density at radius 2 is 1.44 bits per heavy atom. The van der Waals surface area contributed by atoms with Crippen LogP contribution in [-0.2, 0) is 12.8 Å². The van der Waals surface area contributed by atoms with Gasteiger partial charge in [-0.1, -0.05) is 0 Å². The van der Waals surface area contributed by atoms with Crippen LogP contribution in [0.2, 0.25) is 0 Å². The summed E-state index contributed by atoms with van der Waals surface area (Å²) in [5, 5.41) is 40.7. The Hall–Kier alpha value is -1.22. The molecule has 1 heterocycles. The van der Waals surface area contributed by atoms with Gasteiger partial charge in [-0.2, -0.15) is 0 Å². The number of phenolic OH excluding ortho intramolecular Hbond substituents is 2. The van der Waals surface area contributed by atoms with Crippen molar-refractivity contribution in [2.75, 3.05) is 11.5 Å². The predicted molar refractivity (Wildman–Crippen MR) is 95.0 cm³/mol. The minimum absolute atomic E-state index is 0.0908.